The van der Waals surface area contributed by atoms with Crippen molar-refractivity contribution in [2.45, 2.75) is 128 Å². The molecule has 0 saturated carbocycles. The first-order chi connectivity index (χ1) is 19.7. The highest BCUT2D eigenvalue weighted by Crippen LogP contribution is 2.19. The normalized spacial score (nSPS) is 15.9. The molecule has 0 radical (unpaired) electrons. The van der Waals surface area contributed by atoms with Crippen molar-refractivity contribution in [2.24, 2.45) is 11.5 Å². The second-order valence-electron chi connectivity index (χ2n) is 14.5. The number of rotatable bonds is 22. The van der Waals surface area contributed by atoms with E-state index >= 15 is 0 Å². The Hall–Kier alpha value is -1.60. The molecule has 44 heavy (non-hydrogen) atoms. The van der Waals surface area contributed by atoms with Crippen LogP contribution in [0.4, 0.5) is 0 Å². The van der Waals surface area contributed by atoms with Gasteiger partial charge < -0.3 is 42.1 Å². The molecule has 4 unspecified atom stereocenters. The van der Waals surface area contributed by atoms with Gasteiger partial charge in [-0.3, -0.25) is 30.0 Å². The van der Waals surface area contributed by atoms with Crippen LogP contribution in [-0.2, 0) is 0 Å². The molecule has 16 nitrogen and oxygen atoms in total. The van der Waals surface area contributed by atoms with E-state index in [1.54, 1.807) is 4.90 Å². The van der Waals surface area contributed by atoms with Crippen LogP contribution < -0.4 is 11.5 Å². The van der Waals surface area contributed by atoms with Gasteiger partial charge in [0, 0.05) is 101 Å². The topological polar surface area (TPSA) is 266 Å². The van der Waals surface area contributed by atoms with Crippen LogP contribution in [0.2, 0.25) is 0 Å². The van der Waals surface area contributed by atoms with Crippen LogP contribution in [0.25, 0.3) is 0 Å². The summed E-state index contributed by atoms with van der Waals surface area (Å²) in [5.74, 6) is 0. The Labute approximate surface area is 262 Å². The Kier molecular flexibility index (Phi) is 20.0. The average molecular weight is 643 g/mol. The van der Waals surface area contributed by atoms with Crippen molar-refractivity contribution in [1.29, 1.82) is 0 Å². The zero-order valence-corrected chi connectivity index (χ0v) is 28.1. The molecular formula is C28H62N6O10. The highest BCUT2D eigenvalue weighted by molar-refractivity contribution is 4.82. The van der Waals surface area contributed by atoms with Crippen molar-refractivity contribution < 1.29 is 40.5 Å². The third-order valence-corrected chi connectivity index (χ3v) is 6.69. The van der Waals surface area contributed by atoms with Gasteiger partial charge in [-0.05, 0) is 40.5 Å². The summed E-state index contributed by atoms with van der Waals surface area (Å²) in [7, 11) is 0. The molecule has 0 aliphatic rings. The van der Waals surface area contributed by atoms with Gasteiger partial charge >= 0.3 is 0 Å². The number of aliphatic hydroxyl groups excluding tert-OH is 6. The first kappa shape index (κ1) is 44.5. The largest absolute Gasteiger partial charge is 0.395 e. The van der Waals surface area contributed by atoms with Crippen LogP contribution in [0.1, 0.15) is 81.1 Å². The fourth-order valence-electron chi connectivity index (χ4n) is 4.76. The molecule has 0 amide bonds. The summed E-state index contributed by atoms with van der Waals surface area (Å²) in [5.41, 5.74) is 8.28. The van der Waals surface area contributed by atoms with Gasteiger partial charge in [0.25, 0.3) is 0 Å². The van der Waals surface area contributed by atoms with E-state index < -0.39 is 56.4 Å². The lowest BCUT2D eigenvalue weighted by Crippen LogP contribution is -2.46. The summed E-state index contributed by atoms with van der Waals surface area (Å²) in [6.07, 6.45) is -2.45. The summed E-state index contributed by atoms with van der Waals surface area (Å²) in [4.78, 5) is 24.2. The van der Waals surface area contributed by atoms with Gasteiger partial charge in [0.2, 0.25) is 11.1 Å². The maximum atomic E-state index is 10.9. The average Bonchev–Trinajstić information content (AvgIpc) is 2.76. The van der Waals surface area contributed by atoms with Crippen LogP contribution in [0, 0.1) is 20.2 Å². The number of nitro groups is 2. The lowest BCUT2D eigenvalue weighted by Gasteiger charge is -2.31. The van der Waals surface area contributed by atoms with Crippen molar-refractivity contribution in [1.82, 2.24) is 9.80 Å². The Morgan fingerprint density at radius 3 is 0.977 bits per heavy atom. The van der Waals surface area contributed by atoms with E-state index in [9.17, 15) is 40.7 Å². The second kappa shape index (κ2) is 19.8. The molecule has 0 aliphatic carbocycles. The molecule has 0 heterocycles. The van der Waals surface area contributed by atoms with Gasteiger partial charge in [0.1, 0.15) is 0 Å². The van der Waals surface area contributed by atoms with Crippen LogP contribution >= 0.6 is 0 Å². The third-order valence-electron chi connectivity index (χ3n) is 6.69. The number of hydrogen-bond acceptors (Lipinski definition) is 14. The van der Waals surface area contributed by atoms with Gasteiger partial charge in [-0.2, -0.15) is 0 Å². The number of aliphatic hydroxyl groups is 6. The standard InChI is InChI=1S/C14H29N3O7.C14H33N3O3/c1-13(2,16(21)22)7-11(19)9-15(5-6-18)10-12(20)8-14(3,4)17(23)24;1-13(2,15)7-11(19)9-17(5-6-18)10-12(20)8-14(3,4)16/h11-12,18-20H,5-10H2,1-4H3;11-12,18-20H,5-10,15-16H2,1-4H3. The zero-order valence-electron chi connectivity index (χ0n) is 28.1. The van der Waals surface area contributed by atoms with E-state index in [1.807, 2.05) is 32.6 Å². The Morgan fingerprint density at radius 1 is 0.568 bits per heavy atom. The molecule has 0 rings (SSSR count). The molecule has 16 heteroatoms. The molecule has 0 spiro atoms. The SMILES string of the molecule is CC(C)(CC(O)CN(CCO)CC(O)CC(C)(C)[N+](=O)[O-])[N+](=O)[O-].CC(C)(N)CC(O)CN(CCO)CC(O)CC(C)(C)N. The highest BCUT2D eigenvalue weighted by atomic mass is 16.6. The van der Waals surface area contributed by atoms with Crippen molar-refractivity contribution >= 4 is 0 Å². The molecule has 0 saturated heterocycles. The van der Waals surface area contributed by atoms with Gasteiger partial charge in [-0.25, -0.2) is 0 Å². The molecule has 0 aliphatic heterocycles. The molecule has 0 aromatic rings. The summed E-state index contributed by atoms with van der Waals surface area (Å²) >= 11 is 0. The third kappa shape index (κ3) is 22.8. The van der Waals surface area contributed by atoms with Crippen LogP contribution in [0.5, 0.6) is 0 Å². The first-order valence-electron chi connectivity index (χ1n) is 15.0. The molecule has 4 atom stereocenters. The lowest BCUT2D eigenvalue weighted by atomic mass is 9.96. The fraction of sp³-hybridized carbons (Fsp3) is 1.00. The van der Waals surface area contributed by atoms with Crippen molar-refractivity contribution in [3.63, 3.8) is 0 Å². The van der Waals surface area contributed by atoms with Crippen LogP contribution in [-0.4, -0.2) is 149 Å². The quantitative estimate of drug-likeness (QED) is 0.0528. The van der Waals surface area contributed by atoms with Crippen LogP contribution in [0.15, 0.2) is 0 Å². The zero-order chi connectivity index (χ0) is 35.1. The maximum Gasteiger partial charge on any atom is 0.219 e. The predicted octanol–water partition coefficient (Wildman–Crippen LogP) is -0.849. The number of nitrogens with zero attached hydrogens (tertiary/aromatic N) is 4. The Bertz CT molecular complexity index is 760. The molecule has 264 valence electrons. The van der Waals surface area contributed by atoms with Gasteiger partial charge in [-0.15, -0.1) is 0 Å². The molecule has 10 N–H and O–H groups in total. The molecular weight excluding hydrogens is 580 g/mol. The first-order valence-corrected chi connectivity index (χ1v) is 15.0. The Morgan fingerprint density at radius 2 is 0.795 bits per heavy atom. The van der Waals surface area contributed by atoms with E-state index in [-0.39, 0.29) is 45.7 Å². The molecule has 0 fully saturated rings. The number of nitrogens with two attached hydrogens (primary N) is 2. The second-order valence-corrected chi connectivity index (χ2v) is 14.5. The minimum atomic E-state index is -1.30. The van der Waals surface area contributed by atoms with E-state index in [2.05, 4.69) is 0 Å². The molecule has 0 aromatic carbocycles. The highest BCUT2D eigenvalue weighted by Gasteiger charge is 2.36. The van der Waals surface area contributed by atoms with Gasteiger partial charge in [0.15, 0.2) is 0 Å². The number of hydrogen-bond donors (Lipinski definition) is 8. The van der Waals surface area contributed by atoms with E-state index in [1.165, 1.54) is 27.7 Å². The summed E-state index contributed by atoms with van der Waals surface area (Å²) in [6, 6.07) is 0. The van der Waals surface area contributed by atoms with Crippen molar-refractivity contribution in [3.8, 4) is 0 Å². The smallest absolute Gasteiger partial charge is 0.219 e. The fourth-order valence-corrected chi connectivity index (χ4v) is 4.76. The Balaban J connectivity index is 0. The molecule has 0 bridgehead atoms. The van der Waals surface area contributed by atoms with Gasteiger partial charge in [0.05, 0.1) is 37.6 Å². The maximum absolute atomic E-state index is 10.9. The lowest BCUT2D eigenvalue weighted by molar-refractivity contribution is -0.563. The van der Waals surface area contributed by atoms with Crippen molar-refractivity contribution in [3.05, 3.63) is 20.2 Å². The summed E-state index contributed by atoms with van der Waals surface area (Å²) in [5, 5.41) is 80.1. The van der Waals surface area contributed by atoms with Crippen LogP contribution in [0.3, 0.4) is 0 Å². The minimum Gasteiger partial charge on any atom is -0.395 e. The summed E-state index contributed by atoms with van der Waals surface area (Å²) < 4.78 is 0. The van der Waals surface area contributed by atoms with Gasteiger partial charge in [-0.1, -0.05) is 0 Å². The minimum absolute atomic E-state index is 0.0164. The van der Waals surface area contributed by atoms with Crippen molar-refractivity contribution in [2.75, 3.05) is 52.5 Å². The molecule has 0 aromatic heterocycles. The summed E-state index contributed by atoms with van der Waals surface area (Å²) in [6.45, 7) is 14.2. The van der Waals surface area contributed by atoms with E-state index in [4.69, 9.17) is 21.7 Å². The predicted molar refractivity (Wildman–Crippen MR) is 168 cm³/mol. The van der Waals surface area contributed by atoms with E-state index in [0.29, 0.717) is 32.5 Å². The van der Waals surface area contributed by atoms with E-state index in [0.717, 1.165) is 0 Å². The monoisotopic (exact) mass is 642 g/mol.